The van der Waals surface area contributed by atoms with Gasteiger partial charge in [-0.25, -0.2) is 4.98 Å². The van der Waals surface area contributed by atoms with E-state index in [9.17, 15) is 0 Å². The van der Waals surface area contributed by atoms with Crippen molar-refractivity contribution in [2.75, 3.05) is 0 Å². The average molecular weight is 336 g/mol. The molecule has 0 bridgehead atoms. The van der Waals surface area contributed by atoms with E-state index in [0.717, 1.165) is 33.8 Å². The number of hydrogen-bond acceptors (Lipinski definition) is 1. The molecule has 0 saturated carbocycles. The van der Waals surface area contributed by atoms with Crippen LogP contribution in [0, 0.1) is 0 Å². The molecule has 0 aliphatic heterocycles. The summed E-state index contributed by atoms with van der Waals surface area (Å²) in [5, 5.41) is 0.784. The first-order chi connectivity index (χ1) is 9.24. The molecule has 0 aliphatic carbocycles. The molecule has 0 amide bonds. The van der Waals surface area contributed by atoms with Gasteiger partial charge in [0.15, 0.2) is 0 Å². The molecule has 0 spiro atoms. The fourth-order valence-electron chi connectivity index (χ4n) is 2.19. The Bertz CT molecular complexity index is 721. The summed E-state index contributed by atoms with van der Waals surface area (Å²) in [5.41, 5.74) is 2.33. The van der Waals surface area contributed by atoms with E-state index in [2.05, 4.69) is 37.4 Å². The molecule has 2 aromatic heterocycles. The Morgan fingerprint density at radius 3 is 2.84 bits per heavy atom. The lowest BCUT2D eigenvalue weighted by atomic mass is 10.1. The average Bonchev–Trinajstić information content (AvgIpc) is 2.74. The SMILES string of the molecule is Clc1cccc(CCc2nc(Br)c3ccccn23)c1. The van der Waals surface area contributed by atoms with Gasteiger partial charge >= 0.3 is 0 Å². The first-order valence-electron chi connectivity index (χ1n) is 6.10. The lowest BCUT2D eigenvalue weighted by molar-refractivity contribution is 0.852. The van der Waals surface area contributed by atoms with Gasteiger partial charge in [-0.05, 0) is 52.2 Å². The molecule has 3 aromatic rings. The van der Waals surface area contributed by atoms with Gasteiger partial charge in [0.05, 0.1) is 5.52 Å². The van der Waals surface area contributed by atoms with Gasteiger partial charge in [0, 0.05) is 17.6 Å². The number of benzene rings is 1. The van der Waals surface area contributed by atoms with Gasteiger partial charge in [0.1, 0.15) is 10.4 Å². The first-order valence-corrected chi connectivity index (χ1v) is 7.27. The van der Waals surface area contributed by atoms with E-state index in [4.69, 9.17) is 11.6 Å². The minimum atomic E-state index is 0.784. The summed E-state index contributed by atoms with van der Waals surface area (Å²) < 4.78 is 3.02. The lowest BCUT2D eigenvalue weighted by Crippen LogP contribution is -1.97. The van der Waals surface area contributed by atoms with Crippen LogP contribution in [0.2, 0.25) is 5.02 Å². The number of aromatic nitrogens is 2. The van der Waals surface area contributed by atoms with Crippen molar-refractivity contribution in [3.63, 3.8) is 0 Å². The summed E-state index contributed by atoms with van der Waals surface area (Å²) >= 11 is 9.50. The van der Waals surface area contributed by atoms with E-state index in [0.29, 0.717) is 0 Å². The molecule has 0 radical (unpaired) electrons. The van der Waals surface area contributed by atoms with Crippen molar-refractivity contribution in [3.8, 4) is 0 Å². The number of pyridine rings is 1. The topological polar surface area (TPSA) is 17.3 Å². The van der Waals surface area contributed by atoms with Crippen LogP contribution in [-0.4, -0.2) is 9.38 Å². The summed E-state index contributed by atoms with van der Waals surface area (Å²) in [5.74, 6) is 1.06. The van der Waals surface area contributed by atoms with Crippen molar-refractivity contribution in [2.24, 2.45) is 0 Å². The zero-order valence-electron chi connectivity index (χ0n) is 10.2. The van der Waals surface area contributed by atoms with Gasteiger partial charge in [-0.1, -0.05) is 29.8 Å². The molecule has 3 rings (SSSR count). The second-order valence-electron chi connectivity index (χ2n) is 4.40. The molecular weight excluding hydrogens is 324 g/mol. The van der Waals surface area contributed by atoms with Gasteiger partial charge < -0.3 is 4.40 Å². The summed E-state index contributed by atoms with van der Waals surface area (Å²) in [6, 6.07) is 14.1. The third-order valence-electron chi connectivity index (χ3n) is 3.10. The molecule has 2 nitrogen and oxygen atoms in total. The van der Waals surface area contributed by atoms with E-state index >= 15 is 0 Å². The van der Waals surface area contributed by atoms with Gasteiger partial charge in [0.25, 0.3) is 0 Å². The predicted molar refractivity (Wildman–Crippen MR) is 81.8 cm³/mol. The fraction of sp³-hybridized carbons (Fsp3) is 0.133. The van der Waals surface area contributed by atoms with Crippen LogP contribution in [0.25, 0.3) is 5.52 Å². The summed E-state index contributed by atoms with van der Waals surface area (Å²) in [6.45, 7) is 0. The molecule has 4 heteroatoms. The predicted octanol–water partition coefficient (Wildman–Crippen LogP) is 4.54. The molecule has 0 N–H and O–H groups in total. The van der Waals surface area contributed by atoms with E-state index in [1.165, 1.54) is 5.56 Å². The normalized spacial score (nSPS) is 11.1. The third-order valence-corrected chi connectivity index (χ3v) is 3.92. The highest BCUT2D eigenvalue weighted by molar-refractivity contribution is 9.10. The van der Waals surface area contributed by atoms with E-state index in [1.807, 2.05) is 36.5 Å². The van der Waals surface area contributed by atoms with Crippen LogP contribution < -0.4 is 0 Å². The summed E-state index contributed by atoms with van der Waals surface area (Å²) in [6.07, 6.45) is 3.86. The Labute approximate surface area is 125 Å². The van der Waals surface area contributed by atoms with Gasteiger partial charge in [-0.3, -0.25) is 0 Å². The number of aryl methyl sites for hydroxylation is 2. The molecule has 0 saturated heterocycles. The molecule has 19 heavy (non-hydrogen) atoms. The van der Waals surface area contributed by atoms with Crippen LogP contribution in [0.5, 0.6) is 0 Å². The Balaban J connectivity index is 1.86. The van der Waals surface area contributed by atoms with Crippen molar-refractivity contribution in [1.82, 2.24) is 9.38 Å². The van der Waals surface area contributed by atoms with E-state index in [-0.39, 0.29) is 0 Å². The zero-order chi connectivity index (χ0) is 13.2. The molecule has 0 fully saturated rings. The monoisotopic (exact) mass is 334 g/mol. The van der Waals surface area contributed by atoms with Gasteiger partial charge in [-0.15, -0.1) is 0 Å². The number of hydrogen-bond donors (Lipinski definition) is 0. The Hall–Kier alpha value is -1.32. The third kappa shape index (κ3) is 2.67. The Morgan fingerprint density at radius 1 is 1.11 bits per heavy atom. The molecule has 2 heterocycles. The molecule has 0 atom stereocenters. The number of rotatable bonds is 3. The van der Waals surface area contributed by atoms with Crippen LogP contribution in [0.4, 0.5) is 0 Å². The highest BCUT2D eigenvalue weighted by Gasteiger charge is 2.08. The number of halogens is 2. The van der Waals surface area contributed by atoms with Crippen LogP contribution >= 0.6 is 27.5 Å². The fourth-order valence-corrected chi connectivity index (χ4v) is 2.93. The standard InChI is InChI=1S/C15H12BrClN2/c16-15-13-6-1-2-9-19(13)14(18-15)8-7-11-4-3-5-12(17)10-11/h1-6,9-10H,7-8H2. The lowest BCUT2D eigenvalue weighted by Gasteiger charge is -2.02. The molecule has 0 aliphatic rings. The van der Waals surface area contributed by atoms with Crippen LogP contribution in [0.15, 0.2) is 53.3 Å². The van der Waals surface area contributed by atoms with Crippen molar-refractivity contribution in [3.05, 3.63) is 69.7 Å². The van der Waals surface area contributed by atoms with Crippen molar-refractivity contribution >= 4 is 33.0 Å². The molecular formula is C15H12BrClN2. The van der Waals surface area contributed by atoms with Gasteiger partial charge in [-0.2, -0.15) is 0 Å². The minimum Gasteiger partial charge on any atom is -0.303 e. The van der Waals surface area contributed by atoms with E-state index in [1.54, 1.807) is 0 Å². The van der Waals surface area contributed by atoms with Crippen molar-refractivity contribution < 1.29 is 0 Å². The van der Waals surface area contributed by atoms with Crippen molar-refractivity contribution in [2.45, 2.75) is 12.8 Å². The number of nitrogens with zero attached hydrogens (tertiary/aromatic N) is 2. The van der Waals surface area contributed by atoms with Crippen LogP contribution in [-0.2, 0) is 12.8 Å². The van der Waals surface area contributed by atoms with Gasteiger partial charge in [0.2, 0.25) is 0 Å². The summed E-state index contributed by atoms with van der Waals surface area (Å²) in [4.78, 5) is 4.57. The van der Waals surface area contributed by atoms with E-state index < -0.39 is 0 Å². The second-order valence-corrected chi connectivity index (χ2v) is 5.59. The zero-order valence-corrected chi connectivity index (χ0v) is 12.5. The first kappa shape index (κ1) is 12.7. The quantitative estimate of drug-likeness (QED) is 0.687. The smallest absolute Gasteiger partial charge is 0.132 e. The number of fused-ring (bicyclic) bond motifs is 1. The Morgan fingerprint density at radius 2 is 2.00 bits per heavy atom. The molecule has 96 valence electrons. The number of imidazole rings is 1. The largest absolute Gasteiger partial charge is 0.303 e. The maximum atomic E-state index is 6.00. The second kappa shape index (κ2) is 5.35. The van der Waals surface area contributed by atoms with Crippen molar-refractivity contribution in [1.29, 1.82) is 0 Å². The Kier molecular flexibility index (Phi) is 3.58. The van der Waals surface area contributed by atoms with Crippen LogP contribution in [0.3, 0.4) is 0 Å². The highest BCUT2D eigenvalue weighted by Crippen LogP contribution is 2.20. The molecule has 1 aromatic carbocycles. The summed E-state index contributed by atoms with van der Waals surface area (Å²) in [7, 11) is 0. The highest BCUT2D eigenvalue weighted by atomic mass is 79.9. The maximum absolute atomic E-state index is 6.00. The minimum absolute atomic E-state index is 0.784. The molecule has 0 unspecified atom stereocenters. The maximum Gasteiger partial charge on any atom is 0.132 e. The van der Waals surface area contributed by atoms with Crippen LogP contribution in [0.1, 0.15) is 11.4 Å².